The van der Waals surface area contributed by atoms with Gasteiger partial charge in [-0.2, -0.15) is 0 Å². The van der Waals surface area contributed by atoms with E-state index in [2.05, 4.69) is 28.8 Å². The van der Waals surface area contributed by atoms with Crippen molar-refractivity contribution in [2.24, 2.45) is 0 Å². The van der Waals surface area contributed by atoms with Crippen molar-refractivity contribution in [3.63, 3.8) is 0 Å². The van der Waals surface area contributed by atoms with Crippen LogP contribution in [0.15, 0.2) is 66.7 Å². The molecule has 5 heteroatoms. The molecule has 2 N–H and O–H groups in total. The van der Waals surface area contributed by atoms with Crippen LogP contribution in [-0.2, 0) is 16.0 Å². The highest BCUT2D eigenvalue weighted by Crippen LogP contribution is 2.20. The summed E-state index contributed by atoms with van der Waals surface area (Å²) in [7, 11) is 1.58. The zero-order valence-corrected chi connectivity index (χ0v) is 15.9. The number of aryl methyl sites for hydroxylation is 1. The molecule has 0 heterocycles. The summed E-state index contributed by atoms with van der Waals surface area (Å²) >= 11 is 0. The van der Waals surface area contributed by atoms with E-state index in [9.17, 15) is 9.59 Å². The average Bonchev–Trinajstić information content (AvgIpc) is 2.72. The lowest BCUT2D eigenvalue weighted by molar-refractivity contribution is -0.116. The zero-order valence-electron chi connectivity index (χ0n) is 15.9. The van der Waals surface area contributed by atoms with Gasteiger partial charge in [-0.25, -0.2) is 0 Å². The molecule has 0 aromatic heterocycles. The van der Waals surface area contributed by atoms with Crippen LogP contribution >= 0.6 is 0 Å². The van der Waals surface area contributed by atoms with Crippen LogP contribution < -0.4 is 10.6 Å². The second kappa shape index (κ2) is 9.67. The Hall–Kier alpha value is -3.18. The summed E-state index contributed by atoms with van der Waals surface area (Å²) in [5, 5.41) is 7.97. The van der Waals surface area contributed by atoms with Crippen LogP contribution in [0, 0.1) is 0 Å². The van der Waals surface area contributed by atoms with Crippen molar-refractivity contribution in [1.29, 1.82) is 0 Å². The molecule has 144 valence electrons. The first-order chi connectivity index (χ1) is 13.7. The second-order valence-corrected chi connectivity index (χ2v) is 6.48. The van der Waals surface area contributed by atoms with E-state index in [1.54, 1.807) is 31.4 Å². The van der Waals surface area contributed by atoms with Gasteiger partial charge in [-0.05, 0) is 34.9 Å². The van der Waals surface area contributed by atoms with Gasteiger partial charge < -0.3 is 15.4 Å². The third-order valence-electron chi connectivity index (χ3n) is 4.54. The van der Waals surface area contributed by atoms with Crippen LogP contribution in [0.4, 0.5) is 5.69 Å². The number of fused-ring (bicyclic) bond motifs is 1. The second-order valence-electron chi connectivity index (χ2n) is 6.48. The predicted molar refractivity (Wildman–Crippen MR) is 112 cm³/mol. The topological polar surface area (TPSA) is 67.4 Å². The molecular formula is C23H24N2O3. The van der Waals surface area contributed by atoms with Crippen molar-refractivity contribution in [3.8, 4) is 0 Å². The lowest BCUT2D eigenvalue weighted by Gasteiger charge is -2.12. The Kier molecular flexibility index (Phi) is 6.76. The quantitative estimate of drug-likeness (QED) is 0.588. The van der Waals surface area contributed by atoms with Gasteiger partial charge in [-0.1, -0.05) is 54.6 Å². The fourth-order valence-electron chi connectivity index (χ4n) is 3.12. The van der Waals surface area contributed by atoms with Crippen molar-refractivity contribution in [2.75, 3.05) is 25.6 Å². The molecule has 0 saturated carbocycles. The van der Waals surface area contributed by atoms with E-state index in [1.165, 1.54) is 5.39 Å². The van der Waals surface area contributed by atoms with Crippen molar-refractivity contribution in [2.45, 2.75) is 12.8 Å². The first-order valence-corrected chi connectivity index (χ1v) is 9.31. The fraction of sp³-hybridized carbons (Fsp3) is 0.217. The fourth-order valence-corrected chi connectivity index (χ4v) is 3.12. The van der Waals surface area contributed by atoms with Gasteiger partial charge in [0.25, 0.3) is 5.91 Å². The number of carbonyl (C=O) groups is 2. The minimum Gasteiger partial charge on any atom is -0.383 e. The molecule has 3 rings (SSSR count). The number of rotatable bonds is 8. The summed E-state index contributed by atoms with van der Waals surface area (Å²) in [5.74, 6) is -0.355. The molecule has 3 aromatic rings. The highest BCUT2D eigenvalue weighted by molar-refractivity contribution is 6.03. The maximum absolute atomic E-state index is 12.5. The molecule has 2 amide bonds. The SMILES string of the molecule is COCCNC(=O)c1ccccc1NC(=O)CCc1cccc2ccccc12. The van der Waals surface area contributed by atoms with E-state index in [4.69, 9.17) is 4.74 Å². The third-order valence-corrected chi connectivity index (χ3v) is 4.54. The minimum absolute atomic E-state index is 0.120. The van der Waals surface area contributed by atoms with Gasteiger partial charge in [0.15, 0.2) is 0 Å². The Labute approximate surface area is 164 Å². The van der Waals surface area contributed by atoms with Gasteiger partial charge in [-0.3, -0.25) is 9.59 Å². The van der Waals surface area contributed by atoms with Crippen LogP contribution in [0.5, 0.6) is 0 Å². The number of hydrogen-bond acceptors (Lipinski definition) is 3. The van der Waals surface area contributed by atoms with Gasteiger partial charge in [-0.15, -0.1) is 0 Å². The molecule has 0 bridgehead atoms. The van der Waals surface area contributed by atoms with Crippen LogP contribution in [0.2, 0.25) is 0 Å². The highest BCUT2D eigenvalue weighted by atomic mass is 16.5. The smallest absolute Gasteiger partial charge is 0.253 e. The molecule has 3 aromatic carbocycles. The van der Waals surface area contributed by atoms with E-state index in [0.29, 0.717) is 37.2 Å². The molecule has 5 nitrogen and oxygen atoms in total. The highest BCUT2D eigenvalue weighted by Gasteiger charge is 2.13. The molecule has 0 unspecified atom stereocenters. The van der Waals surface area contributed by atoms with Gasteiger partial charge in [0.2, 0.25) is 5.91 Å². The number of amides is 2. The Bertz CT molecular complexity index is 963. The lowest BCUT2D eigenvalue weighted by atomic mass is 10.0. The molecule has 28 heavy (non-hydrogen) atoms. The van der Waals surface area contributed by atoms with Gasteiger partial charge >= 0.3 is 0 Å². The Morgan fingerprint density at radius 3 is 2.54 bits per heavy atom. The first kappa shape index (κ1) is 19.6. The summed E-state index contributed by atoms with van der Waals surface area (Å²) in [6.07, 6.45) is 0.975. The van der Waals surface area contributed by atoms with Crippen molar-refractivity contribution in [3.05, 3.63) is 77.9 Å². The van der Waals surface area contributed by atoms with Crippen LogP contribution in [0.3, 0.4) is 0 Å². The Morgan fingerprint density at radius 1 is 0.929 bits per heavy atom. The lowest BCUT2D eigenvalue weighted by Crippen LogP contribution is -2.28. The maximum Gasteiger partial charge on any atom is 0.253 e. The number of carbonyl (C=O) groups excluding carboxylic acids is 2. The van der Waals surface area contributed by atoms with Gasteiger partial charge in [0.1, 0.15) is 0 Å². The van der Waals surface area contributed by atoms with Crippen molar-refractivity contribution >= 4 is 28.3 Å². The number of ether oxygens (including phenoxy) is 1. The molecular weight excluding hydrogens is 352 g/mol. The number of nitrogens with one attached hydrogen (secondary N) is 2. The number of hydrogen-bond donors (Lipinski definition) is 2. The molecule has 0 radical (unpaired) electrons. The summed E-state index contributed by atoms with van der Waals surface area (Å²) in [4.78, 5) is 24.8. The van der Waals surface area contributed by atoms with E-state index >= 15 is 0 Å². The van der Waals surface area contributed by atoms with Crippen molar-refractivity contribution < 1.29 is 14.3 Å². The number of anilines is 1. The van der Waals surface area contributed by atoms with Crippen LogP contribution in [0.25, 0.3) is 10.8 Å². The van der Waals surface area contributed by atoms with Gasteiger partial charge in [0, 0.05) is 20.1 Å². The van der Waals surface area contributed by atoms with Crippen LogP contribution in [-0.4, -0.2) is 32.1 Å². The Morgan fingerprint density at radius 2 is 1.68 bits per heavy atom. The average molecular weight is 376 g/mol. The third kappa shape index (κ3) is 4.96. The number of methoxy groups -OCH3 is 1. The van der Waals surface area contributed by atoms with E-state index in [0.717, 1.165) is 10.9 Å². The first-order valence-electron chi connectivity index (χ1n) is 9.31. The van der Waals surface area contributed by atoms with Crippen molar-refractivity contribution in [1.82, 2.24) is 5.32 Å². The standard InChI is InChI=1S/C23H24N2O3/c1-28-16-15-24-23(27)20-11-4-5-12-21(20)25-22(26)14-13-18-9-6-8-17-7-2-3-10-19(17)18/h2-12H,13-16H2,1H3,(H,24,27)(H,25,26). The van der Waals surface area contributed by atoms with Crippen LogP contribution in [0.1, 0.15) is 22.3 Å². The Balaban J connectivity index is 1.64. The van der Waals surface area contributed by atoms with E-state index < -0.39 is 0 Å². The summed E-state index contributed by atoms with van der Waals surface area (Å²) in [5.41, 5.74) is 2.09. The van der Waals surface area contributed by atoms with E-state index in [-0.39, 0.29) is 11.8 Å². The molecule has 0 aliphatic carbocycles. The summed E-state index contributed by atoms with van der Waals surface area (Å²) in [6, 6.07) is 21.3. The van der Waals surface area contributed by atoms with E-state index in [1.807, 2.05) is 24.3 Å². The predicted octanol–water partition coefficient (Wildman–Crippen LogP) is 3.79. The summed E-state index contributed by atoms with van der Waals surface area (Å²) in [6.45, 7) is 0.851. The summed E-state index contributed by atoms with van der Waals surface area (Å²) < 4.78 is 4.94. The molecule has 0 atom stereocenters. The zero-order chi connectivity index (χ0) is 19.8. The molecule has 0 aliphatic heterocycles. The number of para-hydroxylation sites is 1. The maximum atomic E-state index is 12.5. The number of benzene rings is 3. The normalized spacial score (nSPS) is 10.6. The molecule has 0 saturated heterocycles. The largest absolute Gasteiger partial charge is 0.383 e. The molecule has 0 aliphatic rings. The molecule has 0 fully saturated rings. The minimum atomic E-state index is -0.234. The monoisotopic (exact) mass is 376 g/mol. The molecule has 0 spiro atoms. The van der Waals surface area contributed by atoms with Gasteiger partial charge in [0.05, 0.1) is 17.9 Å².